The van der Waals surface area contributed by atoms with Gasteiger partial charge in [-0.25, -0.2) is 0 Å². The van der Waals surface area contributed by atoms with Crippen molar-refractivity contribution in [1.29, 1.82) is 5.26 Å². The quantitative estimate of drug-likeness (QED) is 0.395. The molecule has 0 heterocycles. The lowest BCUT2D eigenvalue weighted by Gasteiger charge is -2.15. The van der Waals surface area contributed by atoms with Crippen molar-refractivity contribution >= 4 is 28.9 Å². The molecule has 31 heavy (non-hydrogen) atoms. The molecule has 0 saturated heterocycles. The summed E-state index contributed by atoms with van der Waals surface area (Å²) in [7, 11) is 0. The number of hydrogen-bond donors (Lipinski definition) is 1. The first-order valence-electron chi connectivity index (χ1n) is 9.05. The molecule has 1 amide bonds. The molecule has 9 heteroatoms. The molecule has 3 aromatic carbocycles. The number of nitrogens with one attached hydrogen (secondary N) is 1. The highest BCUT2D eigenvalue weighted by Gasteiger charge is 2.17. The van der Waals surface area contributed by atoms with Gasteiger partial charge in [0, 0.05) is 12.1 Å². The zero-order valence-electron chi connectivity index (χ0n) is 16.2. The van der Waals surface area contributed by atoms with Crippen LogP contribution in [0.2, 0.25) is 5.02 Å². The molecule has 3 rings (SSSR count). The maximum Gasteiger partial charge on any atom is 0.271 e. The van der Waals surface area contributed by atoms with Gasteiger partial charge in [0.05, 0.1) is 27.3 Å². The lowest BCUT2D eigenvalue weighted by Crippen LogP contribution is -2.30. The predicted octanol–water partition coefficient (Wildman–Crippen LogP) is 5.32. The highest BCUT2D eigenvalue weighted by atomic mass is 35.5. The third-order valence-corrected chi connectivity index (χ3v) is 4.46. The number of halogens is 1. The summed E-state index contributed by atoms with van der Waals surface area (Å²) >= 11 is 5.99. The van der Waals surface area contributed by atoms with E-state index < -0.39 is 16.9 Å². The van der Waals surface area contributed by atoms with Crippen molar-refractivity contribution in [1.82, 2.24) is 0 Å². The Morgan fingerprint density at radius 1 is 1.06 bits per heavy atom. The number of hydrogen-bond acceptors (Lipinski definition) is 6. The molecule has 0 spiro atoms. The molecule has 1 atom stereocenters. The number of nitro groups is 1. The monoisotopic (exact) mass is 437 g/mol. The molecule has 3 aromatic rings. The fourth-order valence-electron chi connectivity index (χ4n) is 2.53. The van der Waals surface area contributed by atoms with Gasteiger partial charge < -0.3 is 14.8 Å². The van der Waals surface area contributed by atoms with E-state index in [9.17, 15) is 14.9 Å². The Bertz CT molecular complexity index is 1140. The molecule has 0 aliphatic carbocycles. The predicted molar refractivity (Wildman–Crippen MR) is 114 cm³/mol. The normalized spacial score (nSPS) is 11.1. The third kappa shape index (κ3) is 5.72. The Kier molecular flexibility index (Phi) is 6.70. The van der Waals surface area contributed by atoms with E-state index in [0.717, 1.165) is 6.07 Å². The van der Waals surface area contributed by atoms with Crippen LogP contribution in [0.15, 0.2) is 66.7 Å². The highest BCUT2D eigenvalue weighted by Crippen LogP contribution is 2.27. The van der Waals surface area contributed by atoms with Crippen LogP contribution in [0.4, 0.5) is 11.4 Å². The van der Waals surface area contributed by atoms with Gasteiger partial charge in [0.25, 0.3) is 11.6 Å². The van der Waals surface area contributed by atoms with Gasteiger partial charge in [-0.2, -0.15) is 5.26 Å². The number of nitrogens with zero attached hydrogens (tertiary/aromatic N) is 2. The molecule has 0 radical (unpaired) electrons. The molecule has 0 saturated carbocycles. The molecule has 0 aliphatic heterocycles. The summed E-state index contributed by atoms with van der Waals surface area (Å²) in [6.07, 6.45) is -0.850. The Balaban J connectivity index is 1.58. The Labute approximate surface area is 182 Å². The number of non-ortho nitro benzene ring substituents is 1. The van der Waals surface area contributed by atoms with Crippen LogP contribution < -0.4 is 14.8 Å². The Morgan fingerprint density at radius 3 is 2.19 bits per heavy atom. The zero-order valence-corrected chi connectivity index (χ0v) is 17.0. The first-order valence-corrected chi connectivity index (χ1v) is 9.43. The fourth-order valence-corrected chi connectivity index (χ4v) is 2.75. The molecule has 1 unspecified atom stereocenters. The second-order valence-electron chi connectivity index (χ2n) is 6.38. The lowest BCUT2D eigenvalue weighted by molar-refractivity contribution is -0.384. The molecule has 156 valence electrons. The standard InChI is InChI=1S/C22H16ClN3O5/c1-14(22(27)25-21-11-4-16(26(28)29)12-20(21)23)30-17-7-9-19(10-8-17)31-18-5-2-15(13-24)3-6-18/h2-12,14H,1H3,(H,25,27). The second kappa shape index (κ2) is 9.61. The van der Waals surface area contributed by atoms with E-state index in [4.69, 9.17) is 26.3 Å². The summed E-state index contributed by atoms with van der Waals surface area (Å²) < 4.78 is 11.3. The smallest absolute Gasteiger partial charge is 0.271 e. The van der Waals surface area contributed by atoms with Gasteiger partial charge in [0.1, 0.15) is 17.2 Å². The summed E-state index contributed by atoms with van der Waals surface area (Å²) in [5.41, 5.74) is 0.618. The minimum Gasteiger partial charge on any atom is -0.481 e. The van der Waals surface area contributed by atoms with Crippen molar-refractivity contribution in [3.05, 3.63) is 87.4 Å². The van der Waals surface area contributed by atoms with Gasteiger partial charge in [0.15, 0.2) is 6.10 Å². The average Bonchev–Trinajstić information content (AvgIpc) is 2.76. The molecule has 8 nitrogen and oxygen atoms in total. The van der Waals surface area contributed by atoms with E-state index in [1.54, 1.807) is 55.5 Å². The molecule has 1 N–H and O–H groups in total. The van der Waals surface area contributed by atoms with Crippen LogP contribution in [0.25, 0.3) is 0 Å². The van der Waals surface area contributed by atoms with Crippen molar-refractivity contribution in [2.45, 2.75) is 13.0 Å². The van der Waals surface area contributed by atoms with Gasteiger partial charge in [-0.3, -0.25) is 14.9 Å². The summed E-state index contributed by atoms with van der Waals surface area (Å²) in [6.45, 7) is 1.57. The minimum absolute atomic E-state index is 0.0547. The second-order valence-corrected chi connectivity index (χ2v) is 6.79. The molecule has 0 aromatic heterocycles. The van der Waals surface area contributed by atoms with Crippen LogP contribution in [0.3, 0.4) is 0 Å². The number of anilines is 1. The number of amides is 1. The van der Waals surface area contributed by atoms with E-state index in [1.807, 2.05) is 6.07 Å². The van der Waals surface area contributed by atoms with E-state index in [0.29, 0.717) is 22.8 Å². The van der Waals surface area contributed by atoms with Gasteiger partial charge >= 0.3 is 0 Å². The number of benzene rings is 3. The number of rotatable bonds is 7. The maximum atomic E-state index is 12.4. The van der Waals surface area contributed by atoms with Crippen molar-refractivity contribution in [3.63, 3.8) is 0 Å². The molecule has 0 fully saturated rings. The third-order valence-electron chi connectivity index (χ3n) is 4.15. The number of nitro benzene ring substituents is 1. The fraction of sp³-hybridized carbons (Fsp3) is 0.0909. The van der Waals surface area contributed by atoms with Crippen molar-refractivity contribution in [2.24, 2.45) is 0 Å². The van der Waals surface area contributed by atoms with Crippen LogP contribution in [-0.4, -0.2) is 16.9 Å². The molecule has 0 bridgehead atoms. The van der Waals surface area contributed by atoms with Crippen LogP contribution in [0.5, 0.6) is 17.2 Å². The lowest BCUT2D eigenvalue weighted by atomic mass is 10.2. The Morgan fingerprint density at radius 2 is 1.65 bits per heavy atom. The van der Waals surface area contributed by atoms with Gasteiger partial charge in [-0.05, 0) is 61.5 Å². The van der Waals surface area contributed by atoms with Crippen LogP contribution in [0.1, 0.15) is 12.5 Å². The first kappa shape index (κ1) is 21.6. The van der Waals surface area contributed by atoms with Gasteiger partial charge in [-0.1, -0.05) is 11.6 Å². The van der Waals surface area contributed by atoms with Crippen LogP contribution in [0, 0.1) is 21.4 Å². The maximum absolute atomic E-state index is 12.4. The highest BCUT2D eigenvalue weighted by molar-refractivity contribution is 6.34. The first-order chi connectivity index (χ1) is 14.9. The Hall–Kier alpha value is -4.09. The SMILES string of the molecule is CC(Oc1ccc(Oc2ccc(C#N)cc2)cc1)C(=O)Nc1ccc([N+](=O)[O-])cc1Cl. The summed E-state index contributed by atoms with van der Waals surface area (Å²) in [6, 6.07) is 19.2. The largest absolute Gasteiger partial charge is 0.481 e. The van der Waals surface area contributed by atoms with E-state index in [-0.39, 0.29) is 16.4 Å². The van der Waals surface area contributed by atoms with Crippen LogP contribution in [-0.2, 0) is 4.79 Å². The average molecular weight is 438 g/mol. The number of carbonyl (C=O) groups is 1. The summed E-state index contributed by atoms with van der Waals surface area (Å²) in [5, 5.41) is 22.2. The van der Waals surface area contributed by atoms with E-state index in [1.165, 1.54) is 12.1 Å². The summed E-state index contributed by atoms with van der Waals surface area (Å²) in [5.74, 6) is 1.13. The van der Waals surface area contributed by atoms with Crippen molar-refractivity contribution in [2.75, 3.05) is 5.32 Å². The van der Waals surface area contributed by atoms with Gasteiger partial charge in [-0.15, -0.1) is 0 Å². The molecular weight excluding hydrogens is 422 g/mol. The van der Waals surface area contributed by atoms with E-state index >= 15 is 0 Å². The number of nitriles is 1. The van der Waals surface area contributed by atoms with Crippen molar-refractivity contribution < 1.29 is 19.2 Å². The number of carbonyl (C=O) groups excluding carboxylic acids is 1. The van der Waals surface area contributed by atoms with Crippen LogP contribution >= 0.6 is 11.6 Å². The minimum atomic E-state index is -0.850. The van der Waals surface area contributed by atoms with Crippen molar-refractivity contribution in [3.8, 4) is 23.3 Å². The number of ether oxygens (including phenoxy) is 2. The molecule has 0 aliphatic rings. The zero-order chi connectivity index (χ0) is 22.4. The van der Waals surface area contributed by atoms with E-state index in [2.05, 4.69) is 5.32 Å². The summed E-state index contributed by atoms with van der Waals surface area (Å²) in [4.78, 5) is 22.6. The van der Waals surface area contributed by atoms with Gasteiger partial charge in [0.2, 0.25) is 0 Å². The molecular formula is C22H16ClN3O5. The topological polar surface area (TPSA) is 114 Å².